The van der Waals surface area contributed by atoms with E-state index in [0.29, 0.717) is 6.42 Å². The van der Waals surface area contributed by atoms with Crippen LogP contribution in [0.5, 0.6) is 0 Å². The van der Waals surface area contributed by atoms with Crippen LogP contribution < -0.4 is 0 Å². The molecule has 0 unspecified atom stereocenters. The Bertz CT molecular complexity index is 715. The smallest absolute Gasteiger partial charge is 0.303 e. The van der Waals surface area contributed by atoms with Gasteiger partial charge in [0.05, 0.1) is 18.3 Å². The summed E-state index contributed by atoms with van der Waals surface area (Å²) in [6.45, 7) is 0. The van der Waals surface area contributed by atoms with Gasteiger partial charge >= 0.3 is 5.97 Å². The number of nitrogens with zero attached hydrogens (tertiary/aromatic N) is 2. The van der Waals surface area contributed by atoms with E-state index >= 15 is 0 Å². The number of hydrogen-bond acceptors (Lipinski definition) is 3. The predicted octanol–water partition coefficient (Wildman–Crippen LogP) is 3.08. The molecule has 4 nitrogen and oxygen atoms in total. The van der Waals surface area contributed by atoms with Crippen LogP contribution in [-0.4, -0.2) is 20.5 Å². The van der Waals surface area contributed by atoms with E-state index in [0.717, 1.165) is 21.9 Å². The first-order valence-corrected chi connectivity index (χ1v) is 6.84. The minimum atomic E-state index is -0.798. The lowest BCUT2D eigenvalue weighted by atomic mass is 10.2. The fraction of sp³-hybridized carbons (Fsp3) is 0.143. The van der Waals surface area contributed by atoms with E-state index in [-0.39, 0.29) is 6.42 Å². The fourth-order valence-electron chi connectivity index (χ4n) is 2.08. The molecule has 96 valence electrons. The van der Waals surface area contributed by atoms with Crippen molar-refractivity contribution in [3.63, 3.8) is 0 Å². The Balaban J connectivity index is 2.06. The summed E-state index contributed by atoms with van der Waals surface area (Å²) < 4.78 is 2.04. The number of aryl methyl sites for hydroxylation is 1. The van der Waals surface area contributed by atoms with E-state index in [1.807, 2.05) is 34.7 Å². The van der Waals surface area contributed by atoms with Crippen LogP contribution in [0, 0.1) is 0 Å². The zero-order valence-corrected chi connectivity index (χ0v) is 10.9. The molecule has 0 spiro atoms. The first kappa shape index (κ1) is 11.9. The third-order valence-electron chi connectivity index (χ3n) is 2.97. The minimum Gasteiger partial charge on any atom is -0.481 e. The Morgan fingerprint density at radius 2 is 2.11 bits per heavy atom. The van der Waals surface area contributed by atoms with Gasteiger partial charge in [-0.05, 0) is 5.56 Å². The van der Waals surface area contributed by atoms with Crippen LogP contribution in [0.25, 0.3) is 16.1 Å². The number of benzene rings is 1. The lowest BCUT2D eigenvalue weighted by Gasteiger charge is -2.03. The number of imidazole rings is 1. The van der Waals surface area contributed by atoms with E-state index in [1.54, 1.807) is 17.5 Å². The number of thiazole rings is 1. The number of aromatic nitrogens is 2. The molecular formula is C14H12N2O2S. The van der Waals surface area contributed by atoms with E-state index in [9.17, 15) is 4.79 Å². The average molecular weight is 272 g/mol. The highest BCUT2D eigenvalue weighted by Crippen LogP contribution is 2.27. The second kappa shape index (κ2) is 4.85. The normalized spacial score (nSPS) is 10.9. The highest BCUT2D eigenvalue weighted by molar-refractivity contribution is 7.15. The quantitative estimate of drug-likeness (QED) is 0.794. The second-order valence-corrected chi connectivity index (χ2v) is 5.12. The molecule has 0 aliphatic heterocycles. The molecule has 2 heterocycles. The molecular weight excluding hydrogens is 260 g/mol. The highest BCUT2D eigenvalue weighted by atomic mass is 32.1. The van der Waals surface area contributed by atoms with Gasteiger partial charge in [0.1, 0.15) is 10.7 Å². The average Bonchev–Trinajstić information content (AvgIpc) is 2.99. The number of carbonyl (C=O) groups is 1. The van der Waals surface area contributed by atoms with Gasteiger partial charge in [-0.2, -0.15) is 0 Å². The van der Waals surface area contributed by atoms with Crippen molar-refractivity contribution in [2.24, 2.45) is 0 Å². The molecule has 0 fully saturated rings. The van der Waals surface area contributed by atoms with Crippen molar-refractivity contribution in [1.29, 1.82) is 0 Å². The maximum absolute atomic E-state index is 10.7. The molecule has 3 rings (SSSR count). The summed E-state index contributed by atoms with van der Waals surface area (Å²) in [7, 11) is 0. The van der Waals surface area contributed by atoms with Gasteiger partial charge in [-0.25, -0.2) is 4.98 Å². The Hall–Kier alpha value is -2.14. The monoisotopic (exact) mass is 272 g/mol. The molecule has 1 aromatic carbocycles. The Kier molecular flexibility index (Phi) is 3.05. The Labute approximate surface area is 114 Å². The topological polar surface area (TPSA) is 54.6 Å². The molecule has 5 heteroatoms. The summed E-state index contributed by atoms with van der Waals surface area (Å²) in [5, 5.41) is 10.9. The van der Waals surface area contributed by atoms with Crippen LogP contribution in [0.4, 0.5) is 0 Å². The van der Waals surface area contributed by atoms with Crippen LogP contribution in [0.1, 0.15) is 12.2 Å². The SMILES string of the molecule is O=C(O)CCc1ncc2scc(-c3ccccc3)n12. The molecule has 0 saturated carbocycles. The van der Waals surface area contributed by atoms with Crippen LogP contribution in [0.2, 0.25) is 0 Å². The van der Waals surface area contributed by atoms with Gasteiger partial charge in [-0.3, -0.25) is 9.20 Å². The van der Waals surface area contributed by atoms with Crippen molar-refractivity contribution in [1.82, 2.24) is 9.38 Å². The van der Waals surface area contributed by atoms with Gasteiger partial charge in [0.15, 0.2) is 0 Å². The molecule has 0 saturated heterocycles. The summed E-state index contributed by atoms with van der Waals surface area (Å²) in [5.41, 5.74) is 2.18. The lowest BCUT2D eigenvalue weighted by molar-refractivity contribution is -0.137. The highest BCUT2D eigenvalue weighted by Gasteiger charge is 2.12. The molecule has 0 bridgehead atoms. The summed E-state index contributed by atoms with van der Waals surface area (Å²) in [5.74, 6) is 0.00532. The maximum atomic E-state index is 10.7. The van der Waals surface area contributed by atoms with E-state index in [4.69, 9.17) is 5.11 Å². The molecule has 0 aliphatic carbocycles. The van der Waals surface area contributed by atoms with E-state index < -0.39 is 5.97 Å². The van der Waals surface area contributed by atoms with Crippen molar-refractivity contribution in [2.75, 3.05) is 0 Å². The zero-order chi connectivity index (χ0) is 13.2. The second-order valence-electron chi connectivity index (χ2n) is 4.23. The van der Waals surface area contributed by atoms with Gasteiger partial charge < -0.3 is 5.11 Å². The summed E-state index contributed by atoms with van der Waals surface area (Å²) in [6.07, 6.45) is 2.34. The number of aliphatic carboxylic acids is 1. The summed E-state index contributed by atoms with van der Waals surface area (Å²) >= 11 is 1.62. The van der Waals surface area contributed by atoms with Crippen molar-refractivity contribution in [3.05, 3.63) is 47.7 Å². The maximum Gasteiger partial charge on any atom is 0.303 e. The molecule has 1 N–H and O–H groups in total. The molecule has 0 radical (unpaired) electrons. The minimum absolute atomic E-state index is 0.100. The standard InChI is InChI=1S/C14H12N2O2S/c17-14(18)7-6-12-15-8-13-16(12)11(9-19-13)10-4-2-1-3-5-10/h1-5,8-9H,6-7H2,(H,17,18). The van der Waals surface area contributed by atoms with Crippen molar-refractivity contribution in [2.45, 2.75) is 12.8 Å². The summed E-state index contributed by atoms with van der Waals surface area (Å²) in [4.78, 5) is 16.1. The van der Waals surface area contributed by atoms with Crippen LogP contribution in [0.3, 0.4) is 0 Å². The zero-order valence-electron chi connectivity index (χ0n) is 10.1. The van der Waals surface area contributed by atoms with E-state index in [2.05, 4.69) is 10.4 Å². The van der Waals surface area contributed by atoms with Crippen LogP contribution in [-0.2, 0) is 11.2 Å². The molecule has 0 aliphatic rings. The van der Waals surface area contributed by atoms with Crippen molar-refractivity contribution >= 4 is 22.1 Å². The number of hydrogen-bond donors (Lipinski definition) is 1. The number of fused-ring (bicyclic) bond motifs is 1. The molecule has 0 atom stereocenters. The molecule has 2 aromatic heterocycles. The van der Waals surface area contributed by atoms with E-state index in [1.165, 1.54) is 0 Å². The third-order valence-corrected chi connectivity index (χ3v) is 3.84. The lowest BCUT2D eigenvalue weighted by Crippen LogP contribution is -2.01. The summed E-state index contributed by atoms with van der Waals surface area (Å²) in [6, 6.07) is 10.1. The number of carboxylic acid groups (broad SMARTS) is 1. The predicted molar refractivity (Wildman–Crippen MR) is 74.5 cm³/mol. The van der Waals surface area contributed by atoms with Crippen LogP contribution >= 0.6 is 11.3 Å². The third kappa shape index (κ3) is 2.24. The van der Waals surface area contributed by atoms with Crippen LogP contribution in [0.15, 0.2) is 41.9 Å². The van der Waals surface area contributed by atoms with Gasteiger partial charge in [-0.1, -0.05) is 30.3 Å². The largest absolute Gasteiger partial charge is 0.481 e. The fourth-order valence-corrected chi connectivity index (χ4v) is 2.98. The first-order valence-electron chi connectivity index (χ1n) is 5.97. The molecule has 0 amide bonds. The van der Waals surface area contributed by atoms with Crippen molar-refractivity contribution < 1.29 is 9.90 Å². The van der Waals surface area contributed by atoms with Gasteiger partial charge in [0.2, 0.25) is 0 Å². The Morgan fingerprint density at radius 1 is 1.32 bits per heavy atom. The Morgan fingerprint density at radius 3 is 2.84 bits per heavy atom. The number of rotatable bonds is 4. The van der Waals surface area contributed by atoms with Gasteiger partial charge in [0.25, 0.3) is 0 Å². The first-order chi connectivity index (χ1) is 9.25. The molecule has 3 aromatic rings. The number of carboxylic acids is 1. The van der Waals surface area contributed by atoms with Gasteiger partial charge in [-0.15, -0.1) is 11.3 Å². The van der Waals surface area contributed by atoms with Gasteiger partial charge in [0, 0.05) is 11.8 Å². The molecule has 19 heavy (non-hydrogen) atoms. The van der Waals surface area contributed by atoms with Crippen molar-refractivity contribution in [3.8, 4) is 11.3 Å².